The van der Waals surface area contributed by atoms with Crippen LogP contribution in [0, 0.1) is 17.6 Å². The number of rotatable bonds is 5. The smallest absolute Gasteiger partial charge is 0.130 e. The molecular weight excluding hydrogens is 258 g/mol. The maximum Gasteiger partial charge on any atom is 0.130 e. The molecule has 1 heterocycles. The van der Waals surface area contributed by atoms with Gasteiger partial charge in [-0.2, -0.15) is 0 Å². The van der Waals surface area contributed by atoms with E-state index in [0.717, 1.165) is 26.1 Å². The van der Waals surface area contributed by atoms with Crippen LogP contribution in [0.2, 0.25) is 0 Å². The Bertz CT molecular complexity index is 428. The third-order valence-electron chi connectivity index (χ3n) is 4.19. The van der Waals surface area contributed by atoms with Crippen molar-refractivity contribution in [3.8, 4) is 0 Å². The molecule has 0 radical (unpaired) electrons. The highest BCUT2D eigenvalue weighted by Crippen LogP contribution is 2.22. The van der Waals surface area contributed by atoms with E-state index in [1.165, 1.54) is 18.2 Å². The van der Waals surface area contributed by atoms with Crippen molar-refractivity contribution in [1.29, 1.82) is 0 Å². The zero-order valence-corrected chi connectivity index (χ0v) is 12.5. The molecule has 1 aromatic rings. The Morgan fingerprint density at radius 2 is 1.90 bits per heavy atom. The van der Waals surface area contributed by atoms with Crippen LogP contribution in [0.15, 0.2) is 18.2 Å². The summed E-state index contributed by atoms with van der Waals surface area (Å²) in [6.45, 7) is 9.21. The van der Waals surface area contributed by atoms with Gasteiger partial charge in [0.1, 0.15) is 11.6 Å². The number of benzene rings is 1. The molecule has 0 aliphatic carbocycles. The summed E-state index contributed by atoms with van der Waals surface area (Å²) in [5.74, 6) is -0.379. The van der Waals surface area contributed by atoms with Crippen molar-refractivity contribution in [2.45, 2.75) is 39.3 Å². The molecular formula is C16H24F2N2. The average molecular weight is 282 g/mol. The molecule has 2 atom stereocenters. The summed E-state index contributed by atoms with van der Waals surface area (Å²) in [6.07, 6.45) is 1.15. The summed E-state index contributed by atoms with van der Waals surface area (Å²) in [5, 5.41) is 3.28. The number of hydrogen-bond acceptors (Lipinski definition) is 2. The lowest BCUT2D eigenvalue weighted by Crippen LogP contribution is -2.31. The lowest BCUT2D eigenvalue weighted by molar-refractivity contribution is 0.263. The Balaban J connectivity index is 1.88. The molecule has 0 aromatic heterocycles. The van der Waals surface area contributed by atoms with Crippen LogP contribution >= 0.6 is 0 Å². The van der Waals surface area contributed by atoms with Gasteiger partial charge < -0.3 is 10.2 Å². The first-order valence-corrected chi connectivity index (χ1v) is 7.40. The minimum Gasteiger partial charge on any atom is -0.310 e. The van der Waals surface area contributed by atoms with Crippen LogP contribution in [0.1, 0.15) is 38.8 Å². The zero-order chi connectivity index (χ0) is 14.7. The fourth-order valence-electron chi connectivity index (χ4n) is 2.87. The molecule has 1 fully saturated rings. The fourth-order valence-corrected chi connectivity index (χ4v) is 2.87. The average Bonchev–Trinajstić information content (AvgIpc) is 2.85. The van der Waals surface area contributed by atoms with E-state index < -0.39 is 11.6 Å². The fraction of sp³-hybridized carbons (Fsp3) is 0.625. The standard InChI is InChI=1S/C16H24F2N2/c1-11(2)20-8-7-13(10-20)9-19-12(3)16-14(17)5-4-6-15(16)18/h4-6,11-13,19H,7-10H2,1-3H3. The molecule has 0 saturated carbocycles. The van der Waals surface area contributed by atoms with Crippen LogP contribution in [-0.2, 0) is 0 Å². The quantitative estimate of drug-likeness (QED) is 0.891. The molecule has 1 N–H and O–H groups in total. The number of likely N-dealkylation sites (tertiary alicyclic amines) is 1. The number of hydrogen-bond donors (Lipinski definition) is 1. The molecule has 2 nitrogen and oxygen atoms in total. The van der Waals surface area contributed by atoms with Gasteiger partial charge in [0.05, 0.1) is 0 Å². The van der Waals surface area contributed by atoms with Crippen molar-refractivity contribution in [3.05, 3.63) is 35.4 Å². The largest absolute Gasteiger partial charge is 0.310 e. The third-order valence-corrected chi connectivity index (χ3v) is 4.19. The van der Waals surface area contributed by atoms with E-state index in [2.05, 4.69) is 24.1 Å². The molecule has 20 heavy (non-hydrogen) atoms. The lowest BCUT2D eigenvalue weighted by Gasteiger charge is -2.21. The molecule has 1 aliphatic heterocycles. The Kier molecular flexibility index (Phi) is 5.11. The zero-order valence-electron chi connectivity index (χ0n) is 12.5. The Morgan fingerprint density at radius 3 is 2.45 bits per heavy atom. The molecule has 4 heteroatoms. The van der Waals surface area contributed by atoms with Gasteiger partial charge in [0.25, 0.3) is 0 Å². The summed E-state index contributed by atoms with van der Waals surface area (Å²) < 4.78 is 27.4. The van der Waals surface area contributed by atoms with Crippen molar-refractivity contribution in [2.75, 3.05) is 19.6 Å². The van der Waals surface area contributed by atoms with Crippen LogP contribution in [-0.4, -0.2) is 30.6 Å². The van der Waals surface area contributed by atoms with E-state index in [0.29, 0.717) is 12.0 Å². The van der Waals surface area contributed by atoms with E-state index >= 15 is 0 Å². The van der Waals surface area contributed by atoms with E-state index in [-0.39, 0.29) is 11.6 Å². The van der Waals surface area contributed by atoms with Gasteiger partial charge in [-0.25, -0.2) is 8.78 Å². The van der Waals surface area contributed by atoms with Crippen molar-refractivity contribution in [3.63, 3.8) is 0 Å². The first kappa shape index (κ1) is 15.4. The molecule has 0 bridgehead atoms. The first-order valence-electron chi connectivity index (χ1n) is 7.40. The summed E-state index contributed by atoms with van der Waals surface area (Å²) in [7, 11) is 0. The minimum atomic E-state index is -0.472. The molecule has 0 spiro atoms. The summed E-state index contributed by atoms with van der Waals surface area (Å²) in [4.78, 5) is 2.45. The topological polar surface area (TPSA) is 15.3 Å². The second-order valence-corrected chi connectivity index (χ2v) is 6.01. The first-order chi connectivity index (χ1) is 9.49. The maximum absolute atomic E-state index is 13.7. The second kappa shape index (κ2) is 6.64. The molecule has 2 rings (SSSR count). The van der Waals surface area contributed by atoms with E-state index in [9.17, 15) is 8.78 Å². The van der Waals surface area contributed by atoms with Gasteiger partial charge in [0.15, 0.2) is 0 Å². The predicted molar refractivity (Wildman–Crippen MR) is 77.6 cm³/mol. The van der Waals surface area contributed by atoms with Crippen LogP contribution in [0.25, 0.3) is 0 Å². The van der Waals surface area contributed by atoms with Crippen molar-refractivity contribution < 1.29 is 8.78 Å². The highest BCUT2D eigenvalue weighted by molar-refractivity contribution is 5.22. The Labute approximate surface area is 120 Å². The van der Waals surface area contributed by atoms with Crippen LogP contribution in [0.4, 0.5) is 8.78 Å². The highest BCUT2D eigenvalue weighted by atomic mass is 19.1. The minimum absolute atomic E-state index is 0.145. The lowest BCUT2D eigenvalue weighted by atomic mass is 10.0. The molecule has 2 unspecified atom stereocenters. The second-order valence-electron chi connectivity index (χ2n) is 6.01. The van der Waals surface area contributed by atoms with E-state index in [4.69, 9.17) is 0 Å². The van der Waals surface area contributed by atoms with Gasteiger partial charge in [-0.15, -0.1) is 0 Å². The Hall–Kier alpha value is -1.00. The van der Waals surface area contributed by atoms with Crippen molar-refractivity contribution in [2.24, 2.45) is 5.92 Å². The SMILES string of the molecule is CC(NCC1CCN(C(C)C)C1)c1c(F)cccc1F. The summed E-state index contributed by atoms with van der Waals surface area (Å²) in [5.41, 5.74) is 0.145. The molecule has 1 saturated heterocycles. The molecule has 1 aromatic carbocycles. The molecule has 112 valence electrons. The van der Waals surface area contributed by atoms with Gasteiger partial charge >= 0.3 is 0 Å². The monoisotopic (exact) mass is 282 g/mol. The normalized spacial score (nSPS) is 21.6. The van der Waals surface area contributed by atoms with E-state index in [1.54, 1.807) is 0 Å². The van der Waals surface area contributed by atoms with Crippen LogP contribution in [0.3, 0.4) is 0 Å². The van der Waals surface area contributed by atoms with Gasteiger partial charge in [0, 0.05) is 24.2 Å². The van der Waals surface area contributed by atoms with Gasteiger partial charge in [-0.1, -0.05) is 6.07 Å². The Morgan fingerprint density at radius 1 is 1.25 bits per heavy atom. The van der Waals surface area contributed by atoms with Crippen LogP contribution < -0.4 is 5.32 Å². The predicted octanol–water partition coefficient (Wildman–Crippen LogP) is 3.35. The number of nitrogens with one attached hydrogen (secondary N) is 1. The highest BCUT2D eigenvalue weighted by Gasteiger charge is 2.25. The number of nitrogens with zero attached hydrogens (tertiary/aromatic N) is 1. The van der Waals surface area contributed by atoms with E-state index in [1.807, 2.05) is 6.92 Å². The van der Waals surface area contributed by atoms with Gasteiger partial charge in [-0.3, -0.25) is 0 Å². The van der Waals surface area contributed by atoms with Gasteiger partial charge in [-0.05, 0) is 58.3 Å². The van der Waals surface area contributed by atoms with Crippen molar-refractivity contribution >= 4 is 0 Å². The maximum atomic E-state index is 13.7. The van der Waals surface area contributed by atoms with Crippen molar-refractivity contribution in [1.82, 2.24) is 10.2 Å². The van der Waals surface area contributed by atoms with Crippen LogP contribution in [0.5, 0.6) is 0 Å². The number of halogens is 2. The summed E-state index contributed by atoms with van der Waals surface area (Å²) >= 11 is 0. The third kappa shape index (κ3) is 3.55. The molecule has 0 amide bonds. The van der Waals surface area contributed by atoms with Gasteiger partial charge in [0.2, 0.25) is 0 Å². The summed E-state index contributed by atoms with van der Waals surface area (Å²) in [6, 6.07) is 4.29. The molecule has 1 aliphatic rings.